The van der Waals surface area contributed by atoms with Gasteiger partial charge in [0, 0.05) is 28.5 Å². The molecule has 178 valence electrons. The van der Waals surface area contributed by atoms with Crippen LogP contribution in [-0.2, 0) is 11.3 Å². The third-order valence-corrected chi connectivity index (χ3v) is 5.62. The fourth-order valence-electron chi connectivity index (χ4n) is 3.68. The molecule has 35 heavy (non-hydrogen) atoms. The lowest BCUT2D eigenvalue weighted by molar-refractivity contribution is -0.116. The Kier molecular flexibility index (Phi) is 6.84. The molecular formula is C26H22ClN3O5. The van der Waals surface area contributed by atoms with Crippen molar-refractivity contribution in [2.75, 3.05) is 19.5 Å². The number of rotatable bonds is 7. The summed E-state index contributed by atoms with van der Waals surface area (Å²) in [7, 11) is 3.01. The van der Waals surface area contributed by atoms with E-state index in [2.05, 4.69) is 10.3 Å². The molecule has 0 radical (unpaired) electrons. The average Bonchev–Trinajstić information content (AvgIpc) is 2.85. The summed E-state index contributed by atoms with van der Waals surface area (Å²) in [5.74, 6) is 0.0888. The van der Waals surface area contributed by atoms with E-state index in [1.807, 2.05) is 0 Å². The third-order valence-electron chi connectivity index (χ3n) is 5.39. The second-order valence-electron chi connectivity index (χ2n) is 7.78. The monoisotopic (exact) mass is 491 g/mol. The Bertz CT molecular complexity index is 1510. The van der Waals surface area contributed by atoms with Crippen molar-refractivity contribution in [2.24, 2.45) is 0 Å². The van der Waals surface area contributed by atoms with Gasteiger partial charge in [-0.2, -0.15) is 0 Å². The molecule has 0 saturated carbocycles. The number of halogens is 1. The van der Waals surface area contributed by atoms with Crippen molar-refractivity contribution >= 4 is 40.0 Å². The highest BCUT2D eigenvalue weighted by atomic mass is 35.5. The normalized spacial score (nSPS) is 10.7. The second kappa shape index (κ2) is 9.99. The number of hydrogen-bond acceptors (Lipinski definition) is 6. The smallest absolute Gasteiger partial charge is 0.244 e. The lowest BCUT2D eigenvalue weighted by atomic mass is 10.0. The van der Waals surface area contributed by atoms with Crippen LogP contribution in [0.3, 0.4) is 0 Å². The van der Waals surface area contributed by atoms with E-state index in [9.17, 15) is 14.4 Å². The molecule has 8 nitrogen and oxygen atoms in total. The Morgan fingerprint density at radius 1 is 1.06 bits per heavy atom. The van der Waals surface area contributed by atoms with E-state index in [1.165, 1.54) is 31.0 Å². The Morgan fingerprint density at radius 3 is 2.57 bits per heavy atom. The molecule has 9 heteroatoms. The van der Waals surface area contributed by atoms with Crippen molar-refractivity contribution in [3.8, 4) is 11.5 Å². The lowest BCUT2D eigenvalue weighted by Gasteiger charge is -2.15. The standard InChI is InChI=1S/C26H22ClN3O5/c1-15-7-9-19-25(33)20(24(32)16-5-4-6-17(27)11-16)13-30(26(19)28-15)14-23(31)29-21-12-18(34-2)8-10-22(21)35-3/h4-13H,14H2,1-3H3,(H,29,31). The summed E-state index contributed by atoms with van der Waals surface area (Å²) in [4.78, 5) is 43.8. The molecule has 0 spiro atoms. The number of carbonyl (C=O) groups excluding carboxylic acids is 2. The van der Waals surface area contributed by atoms with Crippen LogP contribution < -0.4 is 20.2 Å². The zero-order chi connectivity index (χ0) is 25.1. The molecule has 0 unspecified atom stereocenters. The van der Waals surface area contributed by atoms with E-state index in [0.29, 0.717) is 33.6 Å². The molecule has 4 rings (SSSR count). The number of methoxy groups -OCH3 is 2. The maximum absolute atomic E-state index is 13.2. The minimum atomic E-state index is -0.497. The number of ether oxygens (including phenoxy) is 2. The van der Waals surface area contributed by atoms with E-state index in [4.69, 9.17) is 21.1 Å². The van der Waals surface area contributed by atoms with Gasteiger partial charge in [-0.25, -0.2) is 4.98 Å². The summed E-state index contributed by atoms with van der Waals surface area (Å²) in [6.45, 7) is 1.57. The SMILES string of the molecule is COc1ccc(OC)c(NC(=O)Cn2cc(C(=O)c3cccc(Cl)c3)c(=O)c3ccc(C)nc32)c1. The van der Waals surface area contributed by atoms with Crippen molar-refractivity contribution in [3.05, 3.63) is 92.9 Å². The van der Waals surface area contributed by atoms with Crippen LogP contribution in [0, 0.1) is 6.92 Å². The first kappa shape index (κ1) is 24.0. The number of ketones is 1. The zero-order valence-electron chi connectivity index (χ0n) is 19.3. The molecule has 0 aliphatic heterocycles. The summed E-state index contributed by atoms with van der Waals surface area (Å²) in [5, 5.41) is 3.40. The minimum Gasteiger partial charge on any atom is -0.497 e. The van der Waals surface area contributed by atoms with Crippen molar-refractivity contribution < 1.29 is 19.1 Å². The Hall–Kier alpha value is -4.17. The van der Waals surface area contributed by atoms with Gasteiger partial charge >= 0.3 is 0 Å². The van der Waals surface area contributed by atoms with Gasteiger partial charge in [0.05, 0.1) is 30.9 Å². The number of benzene rings is 2. The number of fused-ring (bicyclic) bond motifs is 1. The molecule has 0 saturated heterocycles. The average molecular weight is 492 g/mol. The van der Waals surface area contributed by atoms with Crippen molar-refractivity contribution in [2.45, 2.75) is 13.5 Å². The van der Waals surface area contributed by atoms with E-state index in [0.717, 1.165) is 0 Å². The molecule has 1 amide bonds. The molecule has 0 bridgehead atoms. The van der Waals surface area contributed by atoms with Gasteiger partial charge in [0.25, 0.3) is 0 Å². The first-order valence-corrected chi connectivity index (χ1v) is 11.0. The third kappa shape index (κ3) is 5.02. The largest absolute Gasteiger partial charge is 0.497 e. The van der Waals surface area contributed by atoms with Gasteiger partial charge in [-0.1, -0.05) is 23.7 Å². The number of aryl methyl sites for hydroxylation is 1. The number of hydrogen-bond donors (Lipinski definition) is 1. The predicted molar refractivity (Wildman–Crippen MR) is 134 cm³/mol. The minimum absolute atomic E-state index is 0.0859. The van der Waals surface area contributed by atoms with E-state index >= 15 is 0 Å². The number of pyridine rings is 2. The van der Waals surface area contributed by atoms with Gasteiger partial charge in [0.15, 0.2) is 5.78 Å². The fourth-order valence-corrected chi connectivity index (χ4v) is 3.87. The summed E-state index contributed by atoms with van der Waals surface area (Å²) in [5.41, 5.74) is 1.09. The molecule has 2 aromatic carbocycles. The number of nitrogens with zero attached hydrogens (tertiary/aromatic N) is 2. The van der Waals surface area contributed by atoms with Crippen LogP contribution in [0.2, 0.25) is 5.02 Å². The van der Waals surface area contributed by atoms with Crippen LogP contribution in [0.1, 0.15) is 21.6 Å². The van der Waals surface area contributed by atoms with Crippen LogP contribution in [0.25, 0.3) is 11.0 Å². The summed E-state index contributed by atoms with van der Waals surface area (Å²) in [6.07, 6.45) is 1.36. The van der Waals surface area contributed by atoms with Crippen LogP contribution in [0.5, 0.6) is 11.5 Å². The molecule has 0 aliphatic carbocycles. The van der Waals surface area contributed by atoms with Crippen LogP contribution in [0.4, 0.5) is 5.69 Å². The first-order chi connectivity index (χ1) is 16.8. The predicted octanol–water partition coefficient (Wildman–Crippen LogP) is 4.25. The summed E-state index contributed by atoms with van der Waals surface area (Å²) >= 11 is 6.03. The van der Waals surface area contributed by atoms with E-state index in [1.54, 1.807) is 55.5 Å². The number of amides is 1. The lowest BCUT2D eigenvalue weighted by Crippen LogP contribution is -2.25. The zero-order valence-corrected chi connectivity index (χ0v) is 20.1. The van der Waals surface area contributed by atoms with Crippen LogP contribution >= 0.6 is 11.6 Å². The highest BCUT2D eigenvalue weighted by Crippen LogP contribution is 2.29. The number of nitrogens with one attached hydrogen (secondary N) is 1. The second-order valence-corrected chi connectivity index (χ2v) is 8.21. The molecule has 2 heterocycles. The Labute approximate surface area is 206 Å². The van der Waals surface area contributed by atoms with E-state index in [-0.39, 0.29) is 23.1 Å². The van der Waals surface area contributed by atoms with E-state index < -0.39 is 17.1 Å². The van der Waals surface area contributed by atoms with Crippen LogP contribution in [-0.4, -0.2) is 35.5 Å². The fraction of sp³-hybridized carbons (Fsp3) is 0.154. The molecular weight excluding hydrogens is 470 g/mol. The Morgan fingerprint density at radius 2 is 1.86 bits per heavy atom. The van der Waals surface area contributed by atoms with Gasteiger partial charge in [-0.3, -0.25) is 14.4 Å². The quantitative estimate of drug-likeness (QED) is 0.388. The van der Waals surface area contributed by atoms with Gasteiger partial charge in [0.2, 0.25) is 11.3 Å². The first-order valence-electron chi connectivity index (χ1n) is 10.6. The summed E-state index contributed by atoms with van der Waals surface area (Å²) < 4.78 is 12.0. The van der Waals surface area contributed by atoms with Gasteiger partial charge < -0.3 is 19.4 Å². The molecule has 4 aromatic rings. The molecule has 0 atom stereocenters. The molecule has 2 aromatic heterocycles. The Balaban J connectivity index is 1.76. The highest BCUT2D eigenvalue weighted by molar-refractivity contribution is 6.31. The van der Waals surface area contributed by atoms with Crippen molar-refractivity contribution in [1.29, 1.82) is 0 Å². The molecule has 1 N–H and O–H groups in total. The van der Waals surface area contributed by atoms with Gasteiger partial charge in [-0.05, 0) is 43.3 Å². The molecule has 0 fully saturated rings. The summed E-state index contributed by atoms with van der Waals surface area (Å²) in [6, 6.07) is 14.7. The van der Waals surface area contributed by atoms with Crippen molar-refractivity contribution in [1.82, 2.24) is 9.55 Å². The number of aromatic nitrogens is 2. The van der Waals surface area contributed by atoms with Gasteiger partial charge in [0.1, 0.15) is 23.7 Å². The van der Waals surface area contributed by atoms with Crippen molar-refractivity contribution in [3.63, 3.8) is 0 Å². The highest BCUT2D eigenvalue weighted by Gasteiger charge is 2.20. The maximum Gasteiger partial charge on any atom is 0.244 e. The maximum atomic E-state index is 13.2. The number of carbonyl (C=O) groups is 2. The number of anilines is 1. The topological polar surface area (TPSA) is 99.5 Å². The van der Waals surface area contributed by atoms with Crippen LogP contribution in [0.15, 0.2) is 65.6 Å². The molecule has 0 aliphatic rings. The van der Waals surface area contributed by atoms with Gasteiger partial charge in [-0.15, -0.1) is 0 Å².